The molecule has 1 aliphatic carbocycles. The van der Waals surface area contributed by atoms with Crippen LogP contribution in [0, 0.1) is 11.3 Å². The highest BCUT2D eigenvalue weighted by Crippen LogP contribution is 2.50. The first-order valence-corrected chi connectivity index (χ1v) is 6.57. The van der Waals surface area contributed by atoms with Gasteiger partial charge in [-0.2, -0.15) is 11.8 Å². The molecule has 2 aliphatic rings. The zero-order chi connectivity index (χ0) is 9.31. The molecule has 2 fully saturated rings. The highest BCUT2D eigenvalue weighted by atomic mass is 32.2. The Balaban J connectivity index is 1.61. The fraction of sp³-hybridized carbons (Fsp3) is 0.889. The Hall–Kier alpha value is 0.200. The van der Waals surface area contributed by atoms with Gasteiger partial charge in [0.2, 0.25) is 0 Å². The Bertz CT molecular complexity index is 206. The van der Waals surface area contributed by atoms with Crippen LogP contribution in [-0.2, 0) is 9.47 Å². The van der Waals surface area contributed by atoms with Gasteiger partial charge in [-0.1, -0.05) is 0 Å². The lowest BCUT2D eigenvalue weighted by Gasteiger charge is -2.53. The summed E-state index contributed by atoms with van der Waals surface area (Å²) in [6, 6.07) is 0. The van der Waals surface area contributed by atoms with Gasteiger partial charge in [-0.05, 0) is 37.2 Å². The summed E-state index contributed by atoms with van der Waals surface area (Å²) >= 11 is 5.65. The second kappa shape index (κ2) is 3.75. The van der Waals surface area contributed by atoms with E-state index in [2.05, 4.69) is 6.26 Å². The molecule has 13 heavy (non-hydrogen) atoms. The third kappa shape index (κ3) is 2.00. The van der Waals surface area contributed by atoms with E-state index >= 15 is 0 Å². The maximum atomic E-state index is 5.46. The molecule has 4 heteroatoms. The largest absolute Gasteiger partial charge is 0.480 e. The molecule has 1 heterocycles. The van der Waals surface area contributed by atoms with Crippen LogP contribution >= 0.6 is 24.0 Å². The Morgan fingerprint density at radius 3 is 2.77 bits per heavy atom. The first-order chi connectivity index (χ1) is 6.24. The van der Waals surface area contributed by atoms with Gasteiger partial charge in [0, 0.05) is 5.41 Å². The van der Waals surface area contributed by atoms with Gasteiger partial charge >= 0.3 is 0 Å². The van der Waals surface area contributed by atoms with E-state index in [1.807, 2.05) is 0 Å². The van der Waals surface area contributed by atoms with E-state index in [0.29, 0.717) is 17.2 Å². The van der Waals surface area contributed by atoms with Crippen LogP contribution in [0.1, 0.15) is 12.8 Å². The lowest BCUT2D eigenvalue weighted by Crippen LogP contribution is -2.53. The summed E-state index contributed by atoms with van der Waals surface area (Å²) < 4.78 is 11.5. The van der Waals surface area contributed by atoms with Crippen molar-refractivity contribution in [1.82, 2.24) is 0 Å². The predicted octanol–water partition coefficient (Wildman–Crippen LogP) is 1.54. The molecule has 1 spiro atoms. The van der Waals surface area contributed by atoms with Crippen LogP contribution in [0.5, 0.6) is 0 Å². The van der Waals surface area contributed by atoms with Crippen LogP contribution in [-0.4, -0.2) is 30.5 Å². The summed E-state index contributed by atoms with van der Waals surface area (Å²) in [6.07, 6.45) is 4.62. The number of ether oxygens (including phenoxy) is 2. The second-order valence-corrected chi connectivity index (χ2v) is 5.80. The molecule has 0 amide bonds. The van der Waals surface area contributed by atoms with Crippen molar-refractivity contribution in [2.45, 2.75) is 12.8 Å². The van der Waals surface area contributed by atoms with Crippen molar-refractivity contribution >= 4 is 28.4 Å². The van der Waals surface area contributed by atoms with E-state index in [4.69, 9.17) is 21.7 Å². The second-order valence-electron chi connectivity index (χ2n) is 4.12. The molecule has 0 bridgehead atoms. The highest BCUT2D eigenvalue weighted by molar-refractivity contribution is 8.22. The number of rotatable bonds is 2. The first kappa shape index (κ1) is 9.74. The van der Waals surface area contributed by atoms with Crippen molar-refractivity contribution in [1.29, 1.82) is 0 Å². The van der Waals surface area contributed by atoms with Crippen molar-refractivity contribution in [3.63, 3.8) is 0 Å². The van der Waals surface area contributed by atoms with Crippen LogP contribution in [0.15, 0.2) is 0 Å². The summed E-state index contributed by atoms with van der Waals surface area (Å²) in [5.41, 5.74) is 0.560. The maximum Gasteiger partial charge on any atom is 0.196 e. The molecule has 76 valence electrons. The molecular weight excluding hydrogens is 204 g/mol. The van der Waals surface area contributed by atoms with E-state index in [9.17, 15) is 0 Å². The summed E-state index contributed by atoms with van der Waals surface area (Å²) in [4.78, 5) is 0. The van der Waals surface area contributed by atoms with Crippen LogP contribution in [0.3, 0.4) is 0 Å². The zero-order valence-electron chi connectivity index (χ0n) is 7.84. The minimum absolute atomic E-state index is 0.560. The average Bonchev–Trinajstić information content (AvgIpc) is 1.98. The van der Waals surface area contributed by atoms with E-state index in [1.54, 1.807) is 0 Å². The maximum absolute atomic E-state index is 5.46. The smallest absolute Gasteiger partial charge is 0.196 e. The predicted molar refractivity (Wildman–Crippen MR) is 60.8 cm³/mol. The van der Waals surface area contributed by atoms with E-state index in [0.717, 1.165) is 30.1 Å². The number of hydrogen-bond donors (Lipinski definition) is 0. The van der Waals surface area contributed by atoms with E-state index < -0.39 is 0 Å². The molecule has 0 unspecified atom stereocenters. The molecule has 0 N–H and O–H groups in total. The molecule has 0 aromatic heterocycles. The first-order valence-electron chi connectivity index (χ1n) is 4.66. The molecule has 2 nitrogen and oxygen atoms in total. The average molecular weight is 220 g/mol. The Kier molecular flexibility index (Phi) is 2.81. The Morgan fingerprint density at radius 2 is 2.31 bits per heavy atom. The molecule has 0 aromatic rings. The van der Waals surface area contributed by atoms with Crippen LogP contribution in [0.4, 0.5) is 0 Å². The van der Waals surface area contributed by atoms with Crippen LogP contribution in [0.2, 0.25) is 0 Å². The third-order valence-electron chi connectivity index (χ3n) is 2.91. The van der Waals surface area contributed by atoms with Crippen molar-refractivity contribution in [3.8, 4) is 0 Å². The van der Waals surface area contributed by atoms with Gasteiger partial charge in [-0.3, -0.25) is 0 Å². The van der Waals surface area contributed by atoms with Gasteiger partial charge in [0.25, 0.3) is 0 Å². The minimum Gasteiger partial charge on any atom is -0.480 e. The SMILES string of the molecule is C[SH2]C(=S)OCC1CC2(COC2)C1. The van der Waals surface area contributed by atoms with Gasteiger partial charge in [0.1, 0.15) is 0 Å². The highest BCUT2D eigenvalue weighted by Gasteiger charge is 2.49. The Labute approximate surface area is 88.4 Å². The van der Waals surface area contributed by atoms with E-state index in [-0.39, 0.29) is 0 Å². The Morgan fingerprint density at radius 1 is 1.62 bits per heavy atom. The van der Waals surface area contributed by atoms with Crippen molar-refractivity contribution in [3.05, 3.63) is 0 Å². The normalized spacial score (nSPS) is 26.5. The fourth-order valence-electron chi connectivity index (χ4n) is 2.17. The van der Waals surface area contributed by atoms with Crippen molar-refractivity contribution < 1.29 is 9.47 Å². The summed E-state index contributed by atoms with van der Waals surface area (Å²) in [5, 5.41) is 0. The van der Waals surface area contributed by atoms with Gasteiger partial charge in [0.15, 0.2) is 4.38 Å². The molecule has 1 saturated carbocycles. The van der Waals surface area contributed by atoms with E-state index in [1.165, 1.54) is 12.8 Å². The van der Waals surface area contributed by atoms with Crippen LogP contribution in [0.25, 0.3) is 0 Å². The number of thiocarbonyl (C=S) groups is 1. The van der Waals surface area contributed by atoms with Crippen molar-refractivity contribution in [2.24, 2.45) is 11.3 Å². The molecule has 2 rings (SSSR count). The lowest BCUT2D eigenvalue weighted by molar-refractivity contribution is -0.183. The van der Waals surface area contributed by atoms with Gasteiger partial charge in [-0.25, -0.2) is 0 Å². The summed E-state index contributed by atoms with van der Waals surface area (Å²) in [6.45, 7) is 2.79. The standard InChI is InChI=1S/C9H16O2S2/c1-13-8(12)11-4-7-2-9(3-7)5-10-6-9/h7H,2-6,13H2,1H3. The summed E-state index contributed by atoms with van der Waals surface area (Å²) in [5.74, 6) is 0.734. The molecular formula is C9H16O2S2. The van der Waals surface area contributed by atoms with Crippen molar-refractivity contribution in [2.75, 3.05) is 26.1 Å². The quantitative estimate of drug-likeness (QED) is 0.658. The third-order valence-corrected chi connectivity index (χ3v) is 4.20. The minimum atomic E-state index is 0.560. The molecule has 1 aliphatic heterocycles. The topological polar surface area (TPSA) is 18.5 Å². The molecule has 0 atom stereocenters. The van der Waals surface area contributed by atoms with Gasteiger partial charge in [-0.15, -0.1) is 0 Å². The fourth-order valence-corrected chi connectivity index (χ4v) is 2.47. The van der Waals surface area contributed by atoms with Gasteiger partial charge < -0.3 is 9.47 Å². The molecule has 0 radical (unpaired) electrons. The zero-order valence-corrected chi connectivity index (χ0v) is 9.65. The molecule has 0 aromatic carbocycles. The van der Waals surface area contributed by atoms with Crippen LogP contribution < -0.4 is 0 Å². The molecule has 1 saturated heterocycles. The number of hydrogen-bond acceptors (Lipinski definition) is 3. The lowest BCUT2D eigenvalue weighted by atomic mass is 9.61. The monoisotopic (exact) mass is 220 g/mol. The van der Waals surface area contributed by atoms with Gasteiger partial charge in [0.05, 0.1) is 19.8 Å². The summed E-state index contributed by atoms with van der Waals surface area (Å²) in [7, 11) is 0.